The fourth-order valence-electron chi connectivity index (χ4n) is 3.45. The van der Waals surface area contributed by atoms with E-state index in [1.165, 1.54) is 4.57 Å². The summed E-state index contributed by atoms with van der Waals surface area (Å²) in [6, 6.07) is 7.22. The van der Waals surface area contributed by atoms with Gasteiger partial charge in [-0.3, -0.25) is 9.59 Å². The van der Waals surface area contributed by atoms with Crippen molar-refractivity contribution in [3.05, 3.63) is 40.8 Å². The van der Waals surface area contributed by atoms with Crippen LogP contribution in [0.5, 0.6) is 5.75 Å². The van der Waals surface area contributed by atoms with Gasteiger partial charge in [0.15, 0.2) is 0 Å². The van der Waals surface area contributed by atoms with Crippen LogP contribution in [0.4, 0.5) is 0 Å². The molecule has 0 atom stereocenters. The summed E-state index contributed by atoms with van der Waals surface area (Å²) in [6.07, 6.45) is 5.73. The predicted octanol–water partition coefficient (Wildman–Crippen LogP) is 3.91. The fourth-order valence-corrected chi connectivity index (χ4v) is 3.45. The third kappa shape index (κ3) is 4.45. The lowest BCUT2D eigenvalue weighted by Crippen LogP contribution is -2.29. The van der Waals surface area contributed by atoms with Crippen LogP contribution in [0.15, 0.2) is 35.3 Å². The lowest BCUT2D eigenvalue weighted by molar-refractivity contribution is -0.151. The van der Waals surface area contributed by atoms with Crippen LogP contribution in [-0.4, -0.2) is 22.7 Å². The molecule has 3 rings (SSSR count). The van der Waals surface area contributed by atoms with E-state index in [9.17, 15) is 9.59 Å². The molecule has 26 heavy (non-hydrogen) atoms. The van der Waals surface area contributed by atoms with Gasteiger partial charge in [0.05, 0.1) is 6.10 Å². The second-order valence-electron chi connectivity index (χ2n) is 7.54. The van der Waals surface area contributed by atoms with Gasteiger partial charge in [-0.25, -0.2) is 0 Å². The van der Waals surface area contributed by atoms with Crippen LogP contribution in [0.2, 0.25) is 0 Å². The first-order valence-corrected chi connectivity index (χ1v) is 9.41. The molecule has 1 saturated carbocycles. The quantitative estimate of drug-likeness (QED) is 0.761. The minimum atomic E-state index is -0.342. The molecule has 5 nitrogen and oxygen atoms in total. The number of nitrogens with zero attached hydrogens (tertiary/aromatic N) is 1. The van der Waals surface area contributed by atoms with Crippen LogP contribution in [0.25, 0.3) is 10.8 Å². The molecular formula is C21H27NO4. The smallest absolute Gasteiger partial charge is 0.326 e. The largest absolute Gasteiger partial charge is 0.491 e. The number of hydrogen-bond acceptors (Lipinski definition) is 4. The Morgan fingerprint density at radius 3 is 2.62 bits per heavy atom. The van der Waals surface area contributed by atoms with Crippen LogP contribution in [0.3, 0.4) is 0 Å². The van der Waals surface area contributed by atoms with Crippen molar-refractivity contribution in [2.24, 2.45) is 5.92 Å². The van der Waals surface area contributed by atoms with Crippen molar-refractivity contribution in [2.45, 2.75) is 65.2 Å². The number of aromatic nitrogens is 1. The van der Waals surface area contributed by atoms with Crippen molar-refractivity contribution in [2.75, 3.05) is 0 Å². The van der Waals surface area contributed by atoms with Crippen molar-refractivity contribution < 1.29 is 14.3 Å². The standard InChI is InChI=1S/C21H27NO4/c1-14(2)25-18-8-9-19-16(12-18)10-11-22(21(19)24)13-20(23)26-17-6-4-15(3)5-7-17/h8-12,14-15,17H,4-7,13H2,1-3H3. The molecule has 1 fully saturated rings. The second-order valence-corrected chi connectivity index (χ2v) is 7.54. The average Bonchev–Trinajstić information content (AvgIpc) is 2.59. The van der Waals surface area contributed by atoms with Crippen LogP contribution in [-0.2, 0) is 16.1 Å². The minimum Gasteiger partial charge on any atom is -0.491 e. The van der Waals surface area contributed by atoms with Gasteiger partial charge in [-0.15, -0.1) is 0 Å². The Balaban J connectivity index is 1.71. The van der Waals surface area contributed by atoms with Crippen molar-refractivity contribution in [3.63, 3.8) is 0 Å². The highest BCUT2D eigenvalue weighted by Crippen LogP contribution is 2.25. The molecule has 140 valence electrons. The van der Waals surface area contributed by atoms with Gasteiger partial charge in [0, 0.05) is 11.6 Å². The molecule has 0 amide bonds. The summed E-state index contributed by atoms with van der Waals surface area (Å²) in [5, 5.41) is 1.38. The monoisotopic (exact) mass is 357 g/mol. The van der Waals surface area contributed by atoms with E-state index in [1.807, 2.05) is 26.0 Å². The van der Waals surface area contributed by atoms with E-state index >= 15 is 0 Å². The summed E-state index contributed by atoms with van der Waals surface area (Å²) >= 11 is 0. The molecule has 0 radical (unpaired) electrons. The van der Waals surface area contributed by atoms with E-state index in [0.29, 0.717) is 11.3 Å². The van der Waals surface area contributed by atoms with Crippen molar-refractivity contribution >= 4 is 16.7 Å². The average molecular weight is 357 g/mol. The van der Waals surface area contributed by atoms with Crippen LogP contribution in [0.1, 0.15) is 46.5 Å². The summed E-state index contributed by atoms with van der Waals surface area (Å²) in [5.74, 6) is 1.10. The summed E-state index contributed by atoms with van der Waals surface area (Å²) in [5.41, 5.74) is -0.187. The topological polar surface area (TPSA) is 57.5 Å². The number of carbonyl (C=O) groups excluding carboxylic acids is 1. The van der Waals surface area contributed by atoms with Crippen molar-refractivity contribution in [1.82, 2.24) is 4.57 Å². The van der Waals surface area contributed by atoms with Gasteiger partial charge in [0.1, 0.15) is 18.4 Å². The highest BCUT2D eigenvalue weighted by atomic mass is 16.5. The van der Waals surface area contributed by atoms with Gasteiger partial charge in [-0.2, -0.15) is 0 Å². The Morgan fingerprint density at radius 2 is 1.92 bits per heavy atom. The van der Waals surface area contributed by atoms with Crippen LogP contribution >= 0.6 is 0 Å². The van der Waals surface area contributed by atoms with E-state index < -0.39 is 0 Å². The summed E-state index contributed by atoms with van der Waals surface area (Å²) < 4.78 is 12.6. The van der Waals surface area contributed by atoms with Gasteiger partial charge in [0.25, 0.3) is 5.56 Å². The molecule has 1 aliphatic rings. The number of carbonyl (C=O) groups is 1. The minimum absolute atomic E-state index is 0.00870. The molecular weight excluding hydrogens is 330 g/mol. The zero-order chi connectivity index (χ0) is 18.7. The summed E-state index contributed by atoms with van der Waals surface area (Å²) in [6.45, 7) is 6.09. The number of hydrogen-bond donors (Lipinski definition) is 0. The van der Waals surface area contributed by atoms with Gasteiger partial charge < -0.3 is 14.0 Å². The first-order valence-electron chi connectivity index (χ1n) is 9.41. The number of ether oxygens (including phenoxy) is 2. The molecule has 0 N–H and O–H groups in total. The fraction of sp³-hybridized carbons (Fsp3) is 0.524. The Bertz CT molecular complexity index is 832. The third-order valence-corrected chi connectivity index (χ3v) is 4.88. The van der Waals surface area contributed by atoms with Gasteiger partial charge in [-0.05, 0) is 75.1 Å². The second kappa shape index (κ2) is 7.94. The molecule has 0 saturated heterocycles. The molecule has 2 aromatic rings. The normalized spacial score (nSPS) is 20.3. The van der Waals surface area contributed by atoms with E-state index in [1.54, 1.807) is 18.3 Å². The zero-order valence-electron chi connectivity index (χ0n) is 15.7. The van der Waals surface area contributed by atoms with Crippen LogP contribution in [0, 0.1) is 5.92 Å². The van der Waals surface area contributed by atoms with Gasteiger partial charge >= 0.3 is 5.97 Å². The number of rotatable bonds is 5. The van der Waals surface area contributed by atoms with Crippen molar-refractivity contribution in [3.8, 4) is 5.75 Å². The molecule has 5 heteroatoms. The molecule has 0 bridgehead atoms. The van der Waals surface area contributed by atoms with Crippen LogP contribution < -0.4 is 10.3 Å². The number of benzene rings is 1. The Labute approximate surface area is 153 Å². The molecule has 1 aromatic heterocycles. The molecule has 0 unspecified atom stereocenters. The predicted molar refractivity (Wildman–Crippen MR) is 101 cm³/mol. The molecule has 1 heterocycles. The number of pyridine rings is 1. The van der Waals surface area contributed by atoms with Crippen molar-refractivity contribution in [1.29, 1.82) is 0 Å². The Hall–Kier alpha value is -2.30. The van der Waals surface area contributed by atoms with E-state index in [4.69, 9.17) is 9.47 Å². The SMILES string of the molecule is CC1CCC(OC(=O)Cn2ccc3cc(OC(C)C)ccc3c2=O)CC1. The summed E-state index contributed by atoms with van der Waals surface area (Å²) in [4.78, 5) is 24.9. The Morgan fingerprint density at radius 1 is 1.19 bits per heavy atom. The van der Waals surface area contributed by atoms with Gasteiger partial charge in [0.2, 0.25) is 0 Å². The van der Waals surface area contributed by atoms with Gasteiger partial charge in [-0.1, -0.05) is 6.92 Å². The molecule has 1 aliphatic carbocycles. The Kier molecular flexibility index (Phi) is 5.64. The van der Waals surface area contributed by atoms with E-state index in [0.717, 1.165) is 36.8 Å². The number of esters is 1. The highest BCUT2D eigenvalue weighted by molar-refractivity contribution is 5.83. The summed E-state index contributed by atoms with van der Waals surface area (Å²) in [7, 11) is 0. The molecule has 1 aromatic carbocycles. The maximum absolute atomic E-state index is 12.6. The lowest BCUT2D eigenvalue weighted by atomic mass is 9.89. The number of fused-ring (bicyclic) bond motifs is 1. The van der Waals surface area contributed by atoms with E-state index in [2.05, 4.69) is 6.92 Å². The highest BCUT2D eigenvalue weighted by Gasteiger charge is 2.21. The zero-order valence-corrected chi connectivity index (χ0v) is 15.7. The van der Waals surface area contributed by atoms with E-state index in [-0.39, 0.29) is 30.3 Å². The first-order chi connectivity index (χ1) is 12.4. The third-order valence-electron chi connectivity index (χ3n) is 4.88. The maximum atomic E-state index is 12.6. The molecule has 0 spiro atoms. The first kappa shape index (κ1) is 18.5. The molecule has 0 aliphatic heterocycles. The lowest BCUT2D eigenvalue weighted by Gasteiger charge is -2.26. The maximum Gasteiger partial charge on any atom is 0.326 e.